The number of H-pyrrole nitrogens is 2. The summed E-state index contributed by atoms with van der Waals surface area (Å²) < 4.78 is 1.60. The number of azo groups is 1. The summed E-state index contributed by atoms with van der Waals surface area (Å²) in [4.78, 5) is 54.6. The number of hydrogen-bond donors (Lipinski definition) is 4. The molecule has 152 valence electrons. The first-order valence-electron chi connectivity index (χ1n) is 7.99. The van der Waals surface area contributed by atoms with Gasteiger partial charge in [-0.15, -0.1) is 10.2 Å². The second-order valence-corrected chi connectivity index (χ2v) is 5.83. The highest BCUT2D eigenvalue weighted by Crippen LogP contribution is 2.27. The van der Waals surface area contributed by atoms with Crippen LogP contribution in [-0.4, -0.2) is 40.3 Å². The van der Waals surface area contributed by atoms with Gasteiger partial charge in [0.25, 0.3) is 11.5 Å². The van der Waals surface area contributed by atoms with E-state index in [1.807, 2.05) is 4.98 Å². The molecule has 0 aliphatic rings. The Morgan fingerprint density at radius 3 is 2.60 bits per heavy atom. The molecule has 0 saturated heterocycles. The van der Waals surface area contributed by atoms with Crippen molar-refractivity contribution < 1.29 is 9.90 Å². The molecule has 1 amide bonds. The van der Waals surface area contributed by atoms with Crippen molar-refractivity contribution >= 4 is 17.4 Å². The summed E-state index contributed by atoms with van der Waals surface area (Å²) in [5, 5.41) is 30.7. The largest absolute Gasteiger partial charge is 0.494 e. The van der Waals surface area contributed by atoms with E-state index in [1.54, 1.807) is 6.07 Å². The van der Waals surface area contributed by atoms with Crippen LogP contribution in [0.15, 0.2) is 30.8 Å². The molecule has 3 aromatic heterocycles. The lowest BCUT2D eigenvalue weighted by Gasteiger charge is -2.10. The van der Waals surface area contributed by atoms with Crippen LogP contribution < -0.4 is 22.7 Å². The van der Waals surface area contributed by atoms with Gasteiger partial charge in [-0.25, -0.2) is 9.59 Å². The number of carbonyl (C=O) groups is 1. The summed E-state index contributed by atoms with van der Waals surface area (Å²) in [5.74, 6) is -2.25. The average Bonchev–Trinajstić information content (AvgIpc) is 3.08. The predicted octanol–water partition coefficient (Wildman–Crippen LogP) is -1.26. The molecule has 0 bridgehead atoms. The summed E-state index contributed by atoms with van der Waals surface area (Å²) >= 11 is 0. The average molecular weight is 412 g/mol. The number of aromatic hydroxyl groups is 1. The lowest BCUT2D eigenvalue weighted by Crippen LogP contribution is -2.27. The van der Waals surface area contributed by atoms with Crippen LogP contribution in [-0.2, 0) is 7.05 Å². The second kappa shape index (κ2) is 7.27. The first kappa shape index (κ1) is 19.9. The maximum atomic E-state index is 12.4. The van der Waals surface area contributed by atoms with Crippen molar-refractivity contribution in [1.82, 2.24) is 29.3 Å². The number of rotatable bonds is 4. The third-order valence-electron chi connectivity index (χ3n) is 3.99. The number of pyridine rings is 1. The summed E-state index contributed by atoms with van der Waals surface area (Å²) in [6.45, 7) is 1.33. The lowest BCUT2D eigenvalue weighted by atomic mass is 10.1. The molecular formula is C15H12N10O5. The Morgan fingerprint density at radius 2 is 2.00 bits per heavy atom. The smallest absolute Gasteiger partial charge is 0.352 e. The van der Waals surface area contributed by atoms with Crippen LogP contribution in [0.5, 0.6) is 5.88 Å². The normalized spacial score (nSPS) is 11.0. The molecule has 5 N–H and O–H groups in total. The number of nitrogens with one attached hydrogen (secondary N) is 2. The fourth-order valence-electron chi connectivity index (χ4n) is 2.53. The van der Waals surface area contributed by atoms with Crippen molar-refractivity contribution in [2.45, 2.75) is 6.92 Å². The Bertz CT molecular complexity index is 1400. The highest BCUT2D eigenvalue weighted by Gasteiger charge is 2.21. The van der Waals surface area contributed by atoms with Gasteiger partial charge in [-0.05, 0) is 6.92 Å². The number of aromatic amines is 2. The van der Waals surface area contributed by atoms with Gasteiger partial charge >= 0.3 is 11.4 Å². The Labute approximate surface area is 164 Å². The van der Waals surface area contributed by atoms with E-state index in [-0.39, 0.29) is 34.1 Å². The third kappa shape index (κ3) is 3.24. The van der Waals surface area contributed by atoms with Gasteiger partial charge in [0.05, 0.1) is 6.20 Å². The number of nitriles is 1. The minimum absolute atomic E-state index is 0.0425. The molecule has 0 saturated carbocycles. The zero-order chi connectivity index (χ0) is 22.2. The monoisotopic (exact) mass is 412 g/mol. The van der Waals surface area contributed by atoms with Gasteiger partial charge in [-0.1, -0.05) is 0 Å². The van der Waals surface area contributed by atoms with Crippen molar-refractivity contribution in [3.8, 4) is 17.9 Å². The standard InChI is InChI=1S/C15H12N10O5/c1-5-7(9(17)26)11(27)24(2)12(28)8(5)22-23-10-6(3-16)4-18-25(10)13-19-14(29)21-15(30)20-13/h4,27H,1-2H3,(H2,17,26)(H2,19,20,21,29,30). The molecule has 15 heteroatoms. The highest BCUT2D eigenvalue weighted by molar-refractivity contribution is 5.97. The maximum absolute atomic E-state index is 12.4. The quantitative estimate of drug-likeness (QED) is 0.377. The SMILES string of the molecule is Cc1c(C(N)=O)c(O)n(C)c(=O)c1N=Nc1c(C#N)cnn1-c1nc(=O)[nH]c(=O)[nH]1. The highest BCUT2D eigenvalue weighted by atomic mass is 16.3. The molecule has 3 rings (SSSR count). The molecule has 30 heavy (non-hydrogen) atoms. The van der Waals surface area contributed by atoms with Crippen LogP contribution in [0.3, 0.4) is 0 Å². The van der Waals surface area contributed by atoms with E-state index < -0.39 is 28.7 Å². The van der Waals surface area contributed by atoms with Crippen molar-refractivity contribution in [3.05, 3.63) is 54.2 Å². The van der Waals surface area contributed by atoms with Gasteiger partial charge in [0, 0.05) is 12.6 Å². The van der Waals surface area contributed by atoms with Crippen molar-refractivity contribution in [2.75, 3.05) is 0 Å². The van der Waals surface area contributed by atoms with Gasteiger partial charge in [0.1, 0.15) is 17.2 Å². The Balaban J connectivity index is 2.24. The molecule has 0 radical (unpaired) electrons. The molecule has 0 aliphatic carbocycles. The topological polar surface area (TPSA) is 230 Å². The van der Waals surface area contributed by atoms with Gasteiger partial charge in [0.15, 0.2) is 11.5 Å². The minimum atomic E-state index is -0.995. The molecule has 3 aromatic rings. The van der Waals surface area contributed by atoms with Gasteiger partial charge in [0.2, 0.25) is 11.8 Å². The fraction of sp³-hybridized carbons (Fsp3) is 0.133. The number of amides is 1. The fourth-order valence-corrected chi connectivity index (χ4v) is 2.53. The lowest BCUT2D eigenvalue weighted by molar-refractivity contribution is 0.0995. The van der Waals surface area contributed by atoms with Crippen LogP contribution >= 0.6 is 0 Å². The van der Waals surface area contributed by atoms with Crippen LogP contribution in [0.4, 0.5) is 11.5 Å². The van der Waals surface area contributed by atoms with Gasteiger partial charge in [-0.3, -0.25) is 24.1 Å². The van der Waals surface area contributed by atoms with Crippen LogP contribution in [0.25, 0.3) is 5.95 Å². The first-order chi connectivity index (χ1) is 14.1. The summed E-state index contributed by atoms with van der Waals surface area (Å²) in [6.07, 6.45) is 1.08. The van der Waals surface area contributed by atoms with E-state index in [0.717, 1.165) is 15.4 Å². The Kier molecular flexibility index (Phi) is 4.82. The van der Waals surface area contributed by atoms with E-state index in [1.165, 1.54) is 14.0 Å². The van der Waals surface area contributed by atoms with E-state index in [0.29, 0.717) is 0 Å². The number of carbonyl (C=O) groups excluding carboxylic acids is 1. The van der Waals surface area contributed by atoms with Gasteiger partial charge < -0.3 is 10.8 Å². The van der Waals surface area contributed by atoms with E-state index in [2.05, 4.69) is 25.3 Å². The zero-order valence-electron chi connectivity index (χ0n) is 15.4. The predicted molar refractivity (Wildman–Crippen MR) is 98.1 cm³/mol. The second-order valence-electron chi connectivity index (χ2n) is 5.83. The van der Waals surface area contributed by atoms with E-state index >= 15 is 0 Å². The van der Waals surface area contributed by atoms with E-state index in [4.69, 9.17) is 5.73 Å². The molecular weight excluding hydrogens is 400 g/mol. The Hall–Kier alpha value is -4.87. The number of aromatic nitrogens is 6. The number of nitrogens with zero attached hydrogens (tertiary/aromatic N) is 7. The summed E-state index contributed by atoms with van der Waals surface area (Å²) in [7, 11) is 1.19. The molecule has 0 unspecified atom stereocenters. The molecule has 15 nitrogen and oxygen atoms in total. The van der Waals surface area contributed by atoms with Crippen molar-refractivity contribution in [1.29, 1.82) is 5.26 Å². The number of nitrogens with two attached hydrogens (primary N) is 1. The number of hydrogen-bond acceptors (Lipinski definition) is 10. The van der Waals surface area contributed by atoms with Crippen molar-refractivity contribution in [3.63, 3.8) is 0 Å². The van der Waals surface area contributed by atoms with Crippen LogP contribution in [0.1, 0.15) is 21.5 Å². The van der Waals surface area contributed by atoms with Gasteiger partial charge in [-0.2, -0.15) is 20.0 Å². The molecule has 0 aromatic carbocycles. The zero-order valence-corrected chi connectivity index (χ0v) is 15.4. The molecule has 0 aliphatic heterocycles. The molecule has 0 fully saturated rings. The molecule has 0 spiro atoms. The Morgan fingerprint density at radius 1 is 1.30 bits per heavy atom. The van der Waals surface area contributed by atoms with E-state index in [9.17, 15) is 29.5 Å². The molecule has 0 atom stereocenters. The third-order valence-corrected chi connectivity index (χ3v) is 3.99. The first-order valence-corrected chi connectivity index (χ1v) is 7.99. The number of primary amides is 1. The van der Waals surface area contributed by atoms with Crippen LogP contribution in [0.2, 0.25) is 0 Å². The molecule has 3 heterocycles. The summed E-state index contributed by atoms with van der Waals surface area (Å²) in [6, 6.07) is 1.79. The summed E-state index contributed by atoms with van der Waals surface area (Å²) in [5.41, 5.74) is 1.76. The van der Waals surface area contributed by atoms with Crippen molar-refractivity contribution in [2.24, 2.45) is 23.0 Å². The maximum Gasteiger partial charge on any atom is 0.352 e. The minimum Gasteiger partial charge on any atom is -0.494 e. The van der Waals surface area contributed by atoms with Crippen LogP contribution in [0, 0.1) is 18.3 Å².